The van der Waals surface area contributed by atoms with Gasteiger partial charge in [0.15, 0.2) is 0 Å². The monoisotopic (exact) mass is 362 g/mol. The van der Waals surface area contributed by atoms with Gasteiger partial charge in [-0.15, -0.1) is 11.3 Å². The van der Waals surface area contributed by atoms with Gasteiger partial charge in [-0.05, 0) is 29.7 Å². The quantitative estimate of drug-likeness (QED) is 0.655. The molecular formula is C19H17F3N2S. The lowest BCUT2D eigenvalue weighted by molar-refractivity contribution is -0.138. The van der Waals surface area contributed by atoms with Crippen molar-refractivity contribution in [2.45, 2.75) is 26.2 Å². The summed E-state index contributed by atoms with van der Waals surface area (Å²) in [6.45, 7) is 2.62. The van der Waals surface area contributed by atoms with E-state index in [1.165, 1.54) is 17.7 Å². The van der Waals surface area contributed by atoms with Crippen molar-refractivity contribution in [3.63, 3.8) is 0 Å². The molecule has 0 atom stereocenters. The highest BCUT2D eigenvalue weighted by Crippen LogP contribution is 2.32. The van der Waals surface area contributed by atoms with Gasteiger partial charge >= 0.3 is 6.18 Å². The molecule has 0 aliphatic rings. The van der Waals surface area contributed by atoms with Crippen molar-refractivity contribution in [1.29, 1.82) is 0 Å². The highest BCUT2D eigenvalue weighted by Gasteiger charge is 2.32. The first-order chi connectivity index (χ1) is 11.9. The molecule has 2 aromatic carbocycles. The molecule has 25 heavy (non-hydrogen) atoms. The fourth-order valence-corrected chi connectivity index (χ4v) is 3.60. The highest BCUT2D eigenvalue weighted by molar-refractivity contribution is 7.15. The van der Waals surface area contributed by atoms with Gasteiger partial charge in [-0.25, -0.2) is 4.98 Å². The first kappa shape index (κ1) is 17.6. The summed E-state index contributed by atoms with van der Waals surface area (Å²) in [7, 11) is 0. The van der Waals surface area contributed by atoms with Crippen LogP contribution in [-0.4, -0.2) is 4.98 Å². The van der Waals surface area contributed by atoms with E-state index in [-0.39, 0.29) is 12.1 Å². The fraction of sp³-hybridized carbons (Fsp3) is 0.211. The number of aryl methyl sites for hydroxylation is 1. The molecule has 0 bridgehead atoms. The lowest BCUT2D eigenvalue weighted by Gasteiger charge is -2.12. The van der Waals surface area contributed by atoms with E-state index in [0.717, 1.165) is 21.5 Å². The predicted molar refractivity (Wildman–Crippen MR) is 94.3 cm³/mol. The van der Waals surface area contributed by atoms with Crippen molar-refractivity contribution in [1.82, 2.24) is 10.3 Å². The molecule has 0 saturated heterocycles. The molecule has 1 heterocycles. The zero-order chi connectivity index (χ0) is 17.9. The molecule has 1 N–H and O–H groups in total. The molecule has 0 fully saturated rings. The Kier molecular flexibility index (Phi) is 5.20. The Balaban J connectivity index is 1.66. The van der Waals surface area contributed by atoms with Gasteiger partial charge < -0.3 is 5.32 Å². The lowest BCUT2D eigenvalue weighted by Crippen LogP contribution is -2.17. The normalized spacial score (nSPS) is 11.7. The summed E-state index contributed by atoms with van der Waals surface area (Å²) in [5.41, 5.74) is 1.95. The lowest BCUT2D eigenvalue weighted by atomic mass is 10.1. The Morgan fingerprint density at radius 2 is 1.72 bits per heavy atom. The Labute approximate surface area is 148 Å². The predicted octanol–water partition coefficient (Wildman–Crippen LogP) is 5.43. The second-order valence-electron chi connectivity index (χ2n) is 5.69. The molecule has 2 nitrogen and oxygen atoms in total. The molecule has 0 aliphatic heterocycles. The van der Waals surface area contributed by atoms with E-state index in [2.05, 4.69) is 10.3 Å². The van der Waals surface area contributed by atoms with Crippen molar-refractivity contribution in [2.24, 2.45) is 0 Å². The van der Waals surface area contributed by atoms with Gasteiger partial charge in [-0.3, -0.25) is 0 Å². The zero-order valence-corrected chi connectivity index (χ0v) is 14.4. The molecule has 0 aliphatic carbocycles. The molecule has 0 saturated carbocycles. The first-order valence-corrected chi connectivity index (χ1v) is 8.63. The molecule has 3 rings (SSSR count). The molecule has 0 radical (unpaired) electrons. The van der Waals surface area contributed by atoms with Crippen molar-refractivity contribution in [2.75, 3.05) is 0 Å². The second kappa shape index (κ2) is 7.37. The number of rotatable bonds is 5. The summed E-state index contributed by atoms with van der Waals surface area (Å²) >= 11 is 1.55. The summed E-state index contributed by atoms with van der Waals surface area (Å²) in [5.74, 6) is 0. The Hall–Kier alpha value is -2.18. The third kappa shape index (κ3) is 4.27. The van der Waals surface area contributed by atoms with E-state index in [4.69, 9.17) is 0 Å². The van der Waals surface area contributed by atoms with Crippen LogP contribution in [-0.2, 0) is 19.3 Å². The van der Waals surface area contributed by atoms with Gasteiger partial charge in [-0.2, -0.15) is 13.2 Å². The SMILES string of the molecule is Cc1ccccc1-c1cnc(CNCc2ccccc2C(F)(F)F)s1. The molecular weight excluding hydrogens is 345 g/mol. The van der Waals surface area contributed by atoms with Gasteiger partial charge in [-0.1, -0.05) is 42.5 Å². The topological polar surface area (TPSA) is 24.9 Å². The summed E-state index contributed by atoms with van der Waals surface area (Å²) in [6, 6.07) is 13.7. The minimum Gasteiger partial charge on any atom is -0.306 e. The van der Waals surface area contributed by atoms with E-state index >= 15 is 0 Å². The highest BCUT2D eigenvalue weighted by atomic mass is 32.1. The van der Waals surface area contributed by atoms with Crippen LogP contribution in [0.25, 0.3) is 10.4 Å². The van der Waals surface area contributed by atoms with Crippen LogP contribution in [0.1, 0.15) is 21.7 Å². The van der Waals surface area contributed by atoms with Crippen LogP contribution in [0.3, 0.4) is 0 Å². The molecule has 130 valence electrons. The molecule has 0 unspecified atom stereocenters. The minimum atomic E-state index is -4.34. The number of nitrogens with one attached hydrogen (secondary N) is 1. The number of hydrogen-bond donors (Lipinski definition) is 1. The Morgan fingerprint density at radius 3 is 2.48 bits per heavy atom. The number of alkyl halides is 3. The van der Waals surface area contributed by atoms with E-state index in [0.29, 0.717) is 6.54 Å². The third-order valence-electron chi connectivity index (χ3n) is 3.88. The van der Waals surface area contributed by atoms with Crippen LogP contribution in [0.15, 0.2) is 54.7 Å². The van der Waals surface area contributed by atoms with E-state index < -0.39 is 11.7 Å². The Morgan fingerprint density at radius 1 is 1.00 bits per heavy atom. The smallest absolute Gasteiger partial charge is 0.306 e. The third-order valence-corrected chi connectivity index (χ3v) is 4.91. The summed E-state index contributed by atoms with van der Waals surface area (Å²) in [6.07, 6.45) is -2.52. The average molecular weight is 362 g/mol. The maximum absolute atomic E-state index is 13.0. The van der Waals surface area contributed by atoms with Gasteiger partial charge in [0.1, 0.15) is 5.01 Å². The fourth-order valence-electron chi connectivity index (χ4n) is 2.62. The summed E-state index contributed by atoms with van der Waals surface area (Å²) in [5, 5.41) is 3.91. The maximum atomic E-state index is 13.0. The largest absolute Gasteiger partial charge is 0.416 e. The number of nitrogens with zero attached hydrogens (tertiary/aromatic N) is 1. The van der Waals surface area contributed by atoms with Crippen LogP contribution < -0.4 is 5.32 Å². The molecule has 6 heteroatoms. The van der Waals surface area contributed by atoms with E-state index in [1.807, 2.05) is 37.4 Å². The molecule has 0 spiro atoms. The van der Waals surface area contributed by atoms with Gasteiger partial charge in [0.05, 0.1) is 10.4 Å². The zero-order valence-electron chi connectivity index (χ0n) is 13.6. The number of benzene rings is 2. The van der Waals surface area contributed by atoms with Crippen LogP contribution in [0.4, 0.5) is 13.2 Å². The van der Waals surface area contributed by atoms with Crippen LogP contribution in [0.5, 0.6) is 0 Å². The van der Waals surface area contributed by atoms with Crippen molar-refractivity contribution < 1.29 is 13.2 Å². The average Bonchev–Trinajstić information content (AvgIpc) is 3.03. The van der Waals surface area contributed by atoms with E-state index in [9.17, 15) is 13.2 Å². The number of thiazole rings is 1. The molecule has 0 amide bonds. The summed E-state index contributed by atoms with van der Waals surface area (Å²) in [4.78, 5) is 5.43. The van der Waals surface area contributed by atoms with Crippen molar-refractivity contribution in [3.8, 4) is 10.4 Å². The van der Waals surface area contributed by atoms with Crippen LogP contribution in [0, 0.1) is 6.92 Å². The molecule has 1 aromatic heterocycles. The number of aromatic nitrogens is 1. The summed E-state index contributed by atoms with van der Waals surface area (Å²) < 4.78 is 39.0. The maximum Gasteiger partial charge on any atom is 0.416 e. The van der Waals surface area contributed by atoms with Gasteiger partial charge in [0.2, 0.25) is 0 Å². The number of halogens is 3. The Bertz CT molecular complexity index is 856. The van der Waals surface area contributed by atoms with Gasteiger partial charge in [0.25, 0.3) is 0 Å². The molecule has 3 aromatic rings. The van der Waals surface area contributed by atoms with Crippen molar-refractivity contribution in [3.05, 3.63) is 76.4 Å². The number of hydrogen-bond acceptors (Lipinski definition) is 3. The van der Waals surface area contributed by atoms with Crippen LogP contribution >= 0.6 is 11.3 Å². The second-order valence-corrected chi connectivity index (χ2v) is 6.81. The van der Waals surface area contributed by atoms with Crippen LogP contribution in [0.2, 0.25) is 0 Å². The van der Waals surface area contributed by atoms with Gasteiger partial charge in [0, 0.05) is 19.3 Å². The van der Waals surface area contributed by atoms with E-state index in [1.54, 1.807) is 17.4 Å². The van der Waals surface area contributed by atoms with Crippen molar-refractivity contribution >= 4 is 11.3 Å². The minimum absolute atomic E-state index is 0.148. The standard InChI is InChI=1S/C19H17F3N2S/c1-13-6-2-4-8-15(13)17-11-24-18(25-17)12-23-10-14-7-3-5-9-16(14)19(20,21)22/h2-9,11,23H,10,12H2,1H3. The first-order valence-electron chi connectivity index (χ1n) is 7.81.